The molecule has 0 radical (unpaired) electrons. The van der Waals surface area contributed by atoms with E-state index in [2.05, 4.69) is 35.8 Å². The molecule has 2 fully saturated rings. The molecular formula is C18H25N3. The minimum atomic E-state index is -0.215. The molecule has 0 unspecified atom stereocenters. The second-order valence-electron chi connectivity index (χ2n) is 7.03. The lowest BCUT2D eigenvalue weighted by molar-refractivity contribution is 0.217. The normalized spacial score (nSPS) is 29.9. The Morgan fingerprint density at radius 3 is 2.57 bits per heavy atom. The Kier molecular flexibility index (Phi) is 3.07. The van der Waals surface area contributed by atoms with Gasteiger partial charge >= 0.3 is 0 Å². The van der Waals surface area contributed by atoms with Gasteiger partial charge in [0.1, 0.15) is 5.82 Å². The largest absolute Gasteiger partial charge is 0.323 e. The first-order chi connectivity index (χ1) is 10.2. The highest BCUT2D eigenvalue weighted by atomic mass is 15.2. The third-order valence-electron chi connectivity index (χ3n) is 5.53. The summed E-state index contributed by atoms with van der Waals surface area (Å²) in [5.41, 5.74) is 9.02. The van der Waals surface area contributed by atoms with Crippen LogP contribution in [0.25, 0.3) is 11.0 Å². The standard InChI is InChI=1S/C18H25N3/c1-2-13-9-11-18(19,12-10-13)17-20-15-5-3-4-6-16(15)21(17)14-7-8-14/h3-6,13-14H,2,7-12,19H2,1H3. The molecule has 112 valence electrons. The van der Waals surface area contributed by atoms with Gasteiger partial charge in [-0.05, 0) is 56.6 Å². The maximum absolute atomic E-state index is 6.84. The highest BCUT2D eigenvalue weighted by Crippen LogP contribution is 2.44. The molecule has 2 aromatic rings. The number of para-hydroxylation sites is 2. The molecule has 1 heterocycles. The first kappa shape index (κ1) is 13.3. The molecule has 4 rings (SSSR count). The van der Waals surface area contributed by atoms with Crippen LogP contribution in [0.2, 0.25) is 0 Å². The van der Waals surface area contributed by atoms with E-state index in [0.29, 0.717) is 6.04 Å². The van der Waals surface area contributed by atoms with E-state index in [1.54, 1.807) is 0 Å². The molecule has 0 bridgehead atoms. The lowest BCUT2D eigenvalue weighted by Gasteiger charge is -2.36. The lowest BCUT2D eigenvalue weighted by Crippen LogP contribution is -2.42. The van der Waals surface area contributed by atoms with Crippen molar-refractivity contribution in [3.05, 3.63) is 30.1 Å². The van der Waals surface area contributed by atoms with Gasteiger partial charge in [0.25, 0.3) is 0 Å². The second-order valence-corrected chi connectivity index (χ2v) is 7.03. The number of imidazole rings is 1. The molecule has 0 atom stereocenters. The van der Waals surface area contributed by atoms with Crippen molar-refractivity contribution in [1.82, 2.24) is 9.55 Å². The molecule has 1 aromatic heterocycles. The molecular weight excluding hydrogens is 258 g/mol. The number of benzene rings is 1. The lowest BCUT2D eigenvalue weighted by atomic mass is 9.75. The number of hydrogen-bond acceptors (Lipinski definition) is 2. The van der Waals surface area contributed by atoms with E-state index in [1.165, 1.54) is 37.6 Å². The maximum Gasteiger partial charge on any atom is 0.130 e. The third kappa shape index (κ3) is 2.18. The van der Waals surface area contributed by atoms with E-state index in [-0.39, 0.29) is 5.54 Å². The van der Waals surface area contributed by atoms with E-state index in [0.717, 1.165) is 30.1 Å². The van der Waals surface area contributed by atoms with Gasteiger partial charge in [0.15, 0.2) is 0 Å². The fourth-order valence-corrected chi connectivity index (χ4v) is 3.92. The van der Waals surface area contributed by atoms with Crippen molar-refractivity contribution < 1.29 is 0 Å². The molecule has 2 aliphatic rings. The molecule has 2 saturated carbocycles. The highest BCUT2D eigenvalue weighted by molar-refractivity contribution is 5.76. The fourth-order valence-electron chi connectivity index (χ4n) is 3.92. The summed E-state index contributed by atoms with van der Waals surface area (Å²) in [5.74, 6) is 2.01. The molecule has 2 aliphatic carbocycles. The molecule has 21 heavy (non-hydrogen) atoms. The molecule has 1 aromatic carbocycles. The van der Waals surface area contributed by atoms with Crippen molar-refractivity contribution in [2.45, 2.75) is 63.5 Å². The van der Waals surface area contributed by atoms with E-state index in [4.69, 9.17) is 10.7 Å². The number of aromatic nitrogens is 2. The van der Waals surface area contributed by atoms with Crippen LogP contribution in [-0.2, 0) is 5.54 Å². The molecule has 0 spiro atoms. The van der Waals surface area contributed by atoms with E-state index >= 15 is 0 Å². The fraction of sp³-hybridized carbons (Fsp3) is 0.611. The Bertz CT molecular complexity index is 646. The number of nitrogens with two attached hydrogens (primary N) is 1. The van der Waals surface area contributed by atoms with Crippen LogP contribution in [0.5, 0.6) is 0 Å². The minimum Gasteiger partial charge on any atom is -0.323 e. The zero-order valence-electron chi connectivity index (χ0n) is 12.9. The molecule has 0 aliphatic heterocycles. The van der Waals surface area contributed by atoms with Crippen molar-refractivity contribution in [3.8, 4) is 0 Å². The number of nitrogens with zero attached hydrogens (tertiary/aromatic N) is 2. The molecule has 3 heteroatoms. The van der Waals surface area contributed by atoms with Gasteiger partial charge in [0, 0.05) is 6.04 Å². The third-order valence-corrected chi connectivity index (χ3v) is 5.53. The summed E-state index contributed by atoms with van der Waals surface area (Å²) in [6.45, 7) is 2.30. The van der Waals surface area contributed by atoms with Crippen LogP contribution in [0.4, 0.5) is 0 Å². The van der Waals surface area contributed by atoms with Crippen LogP contribution in [-0.4, -0.2) is 9.55 Å². The second kappa shape index (κ2) is 4.84. The number of fused-ring (bicyclic) bond motifs is 1. The number of rotatable bonds is 3. The summed E-state index contributed by atoms with van der Waals surface area (Å²) in [6, 6.07) is 9.15. The average Bonchev–Trinajstić information content (AvgIpc) is 3.27. The minimum absolute atomic E-state index is 0.215. The van der Waals surface area contributed by atoms with Gasteiger partial charge in [-0.2, -0.15) is 0 Å². The van der Waals surface area contributed by atoms with Gasteiger partial charge in [0.05, 0.1) is 16.6 Å². The predicted octanol–water partition coefficient (Wildman–Crippen LogP) is 4.13. The smallest absolute Gasteiger partial charge is 0.130 e. The van der Waals surface area contributed by atoms with Gasteiger partial charge in [-0.1, -0.05) is 25.5 Å². The van der Waals surface area contributed by atoms with Crippen molar-refractivity contribution in [1.29, 1.82) is 0 Å². The van der Waals surface area contributed by atoms with Gasteiger partial charge in [-0.3, -0.25) is 0 Å². The first-order valence-electron chi connectivity index (χ1n) is 8.47. The molecule has 0 amide bonds. The van der Waals surface area contributed by atoms with Crippen molar-refractivity contribution >= 4 is 11.0 Å². The Hall–Kier alpha value is -1.35. The Morgan fingerprint density at radius 2 is 1.90 bits per heavy atom. The van der Waals surface area contributed by atoms with Crippen LogP contribution >= 0.6 is 0 Å². The monoisotopic (exact) mass is 283 g/mol. The van der Waals surface area contributed by atoms with Crippen molar-refractivity contribution in [2.75, 3.05) is 0 Å². The van der Waals surface area contributed by atoms with Crippen LogP contribution in [0.3, 0.4) is 0 Å². The van der Waals surface area contributed by atoms with E-state index < -0.39 is 0 Å². The van der Waals surface area contributed by atoms with Gasteiger partial charge < -0.3 is 10.3 Å². The Morgan fingerprint density at radius 1 is 1.19 bits per heavy atom. The van der Waals surface area contributed by atoms with E-state index in [1.807, 2.05) is 0 Å². The van der Waals surface area contributed by atoms with Crippen LogP contribution in [0, 0.1) is 5.92 Å². The summed E-state index contributed by atoms with van der Waals surface area (Å²) in [5, 5.41) is 0. The molecule has 3 nitrogen and oxygen atoms in total. The molecule has 2 N–H and O–H groups in total. The van der Waals surface area contributed by atoms with Crippen LogP contribution in [0.15, 0.2) is 24.3 Å². The predicted molar refractivity (Wildman–Crippen MR) is 86.1 cm³/mol. The zero-order valence-corrected chi connectivity index (χ0v) is 12.9. The Labute approximate surface area is 126 Å². The summed E-state index contributed by atoms with van der Waals surface area (Å²) >= 11 is 0. The summed E-state index contributed by atoms with van der Waals surface area (Å²) < 4.78 is 2.46. The highest BCUT2D eigenvalue weighted by Gasteiger charge is 2.40. The zero-order chi connectivity index (χ0) is 14.4. The number of hydrogen-bond donors (Lipinski definition) is 1. The van der Waals surface area contributed by atoms with Crippen molar-refractivity contribution in [2.24, 2.45) is 11.7 Å². The van der Waals surface area contributed by atoms with E-state index in [9.17, 15) is 0 Å². The quantitative estimate of drug-likeness (QED) is 0.920. The Balaban J connectivity index is 1.77. The van der Waals surface area contributed by atoms with Crippen LogP contribution in [0.1, 0.15) is 63.7 Å². The average molecular weight is 283 g/mol. The van der Waals surface area contributed by atoms with Gasteiger partial charge in [0.2, 0.25) is 0 Å². The van der Waals surface area contributed by atoms with Crippen LogP contribution < -0.4 is 5.73 Å². The summed E-state index contributed by atoms with van der Waals surface area (Å²) in [4.78, 5) is 4.96. The topological polar surface area (TPSA) is 43.8 Å². The van der Waals surface area contributed by atoms with Gasteiger partial charge in [-0.15, -0.1) is 0 Å². The van der Waals surface area contributed by atoms with Crippen molar-refractivity contribution in [3.63, 3.8) is 0 Å². The maximum atomic E-state index is 6.84. The summed E-state index contributed by atoms with van der Waals surface area (Å²) in [7, 11) is 0. The molecule has 0 saturated heterocycles. The van der Waals surface area contributed by atoms with Gasteiger partial charge in [-0.25, -0.2) is 4.98 Å². The SMILES string of the molecule is CCC1CCC(N)(c2nc3ccccc3n2C2CC2)CC1. The first-order valence-corrected chi connectivity index (χ1v) is 8.47. The summed E-state index contributed by atoms with van der Waals surface area (Å²) in [6.07, 6.45) is 8.52.